The van der Waals surface area contributed by atoms with Crippen LogP contribution in [0.4, 0.5) is 5.69 Å². The van der Waals surface area contributed by atoms with Crippen LogP contribution in [0.25, 0.3) is 11.6 Å². The quantitative estimate of drug-likeness (QED) is 0.594. The Labute approximate surface area is 137 Å². The molecule has 5 nitrogen and oxygen atoms in total. The van der Waals surface area contributed by atoms with Gasteiger partial charge in [0.05, 0.1) is 6.26 Å². The maximum atomic E-state index is 12.4. The molecule has 1 N–H and O–H groups in total. The highest BCUT2D eigenvalue weighted by Gasteiger charge is 2.25. The second-order valence-electron chi connectivity index (χ2n) is 5.36. The van der Waals surface area contributed by atoms with Gasteiger partial charge in [-0.3, -0.25) is 14.6 Å². The minimum Gasteiger partial charge on any atom is -0.461 e. The number of ketones is 1. The summed E-state index contributed by atoms with van der Waals surface area (Å²) < 4.78 is 5.16. The van der Waals surface area contributed by atoms with Crippen molar-refractivity contribution in [2.45, 2.75) is 0 Å². The molecule has 0 radical (unpaired) electrons. The van der Waals surface area contributed by atoms with Gasteiger partial charge in [0.2, 0.25) is 5.78 Å². The molecular formula is C19H12N2O3. The largest absolute Gasteiger partial charge is 0.461 e. The predicted octanol–water partition coefficient (Wildman–Crippen LogP) is 3.40. The number of benzene rings is 1. The van der Waals surface area contributed by atoms with E-state index >= 15 is 0 Å². The molecule has 0 fully saturated rings. The summed E-state index contributed by atoms with van der Waals surface area (Å²) in [4.78, 5) is 28.6. The van der Waals surface area contributed by atoms with Gasteiger partial charge in [0.25, 0.3) is 5.91 Å². The molecule has 0 spiro atoms. The predicted molar refractivity (Wildman–Crippen MR) is 89.3 cm³/mol. The van der Waals surface area contributed by atoms with Gasteiger partial charge in [0.1, 0.15) is 0 Å². The zero-order valence-corrected chi connectivity index (χ0v) is 12.5. The second kappa shape index (κ2) is 5.62. The first kappa shape index (κ1) is 14.1. The van der Waals surface area contributed by atoms with E-state index in [1.54, 1.807) is 48.8 Å². The summed E-state index contributed by atoms with van der Waals surface area (Å²) in [6.45, 7) is 0. The van der Waals surface area contributed by atoms with Crippen LogP contribution in [0.5, 0.6) is 0 Å². The van der Waals surface area contributed by atoms with Gasteiger partial charge < -0.3 is 9.73 Å². The number of anilines is 1. The molecule has 3 aromatic rings. The van der Waals surface area contributed by atoms with Crippen LogP contribution >= 0.6 is 0 Å². The summed E-state index contributed by atoms with van der Waals surface area (Å²) in [6, 6.07) is 12.0. The summed E-state index contributed by atoms with van der Waals surface area (Å²) in [5.41, 5.74) is 3.25. The van der Waals surface area contributed by atoms with Crippen molar-refractivity contribution < 1.29 is 14.0 Å². The number of carbonyl (C=O) groups excluding carboxylic acids is 2. The molecule has 0 bridgehead atoms. The van der Waals surface area contributed by atoms with Crippen LogP contribution in [0.2, 0.25) is 0 Å². The fraction of sp³-hybridized carbons (Fsp3) is 0. The molecule has 2 aromatic heterocycles. The van der Waals surface area contributed by atoms with Crippen molar-refractivity contribution >= 4 is 29.0 Å². The lowest BCUT2D eigenvalue weighted by atomic mass is 9.99. The molecule has 0 unspecified atom stereocenters. The van der Waals surface area contributed by atoms with E-state index in [4.69, 9.17) is 4.42 Å². The first-order chi connectivity index (χ1) is 11.7. The molecule has 0 saturated heterocycles. The SMILES string of the molecule is O=C1Nc2ccc(C(=O)c3ccco3)cc2/C1=C/c1ccncc1. The number of pyridine rings is 1. The second-order valence-corrected chi connectivity index (χ2v) is 5.36. The van der Waals surface area contributed by atoms with Gasteiger partial charge in [-0.1, -0.05) is 0 Å². The molecule has 116 valence electrons. The Morgan fingerprint density at radius 1 is 1.12 bits per heavy atom. The maximum Gasteiger partial charge on any atom is 0.256 e. The van der Waals surface area contributed by atoms with Crippen molar-refractivity contribution in [3.63, 3.8) is 0 Å². The van der Waals surface area contributed by atoms with Crippen molar-refractivity contribution in [2.75, 3.05) is 5.32 Å². The van der Waals surface area contributed by atoms with Crippen LogP contribution in [-0.4, -0.2) is 16.7 Å². The van der Waals surface area contributed by atoms with E-state index in [2.05, 4.69) is 10.3 Å². The zero-order valence-electron chi connectivity index (χ0n) is 12.5. The number of hydrogen-bond donors (Lipinski definition) is 1. The van der Waals surface area contributed by atoms with Crippen molar-refractivity contribution in [3.05, 3.63) is 83.6 Å². The summed E-state index contributed by atoms with van der Waals surface area (Å²) in [5, 5.41) is 2.81. The van der Waals surface area contributed by atoms with Crippen molar-refractivity contribution in [1.82, 2.24) is 4.98 Å². The molecule has 0 atom stereocenters. The number of rotatable bonds is 3. The van der Waals surface area contributed by atoms with Gasteiger partial charge >= 0.3 is 0 Å². The van der Waals surface area contributed by atoms with Gasteiger partial charge in [-0.25, -0.2) is 0 Å². The number of nitrogens with zero attached hydrogens (tertiary/aromatic N) is 1. The molecule has 3 heterocycles. The summed E-state index contributed by atoms with van der Waals surface area (Å²) in [7, 11) is 0. The van der Waals surface area contributed by atoms with Crippen LogP contribution in [0, 0.1) is 0 Å². The number of carbonyl (C=O) groups is 2. The first-order valence-corrected chi connectivity index (χ1v) is 7.38. The fourth-order valence-electron chi connectivity index (χ4n) is 2.65. The molecule has 1 amide bonds. The van der Waals surface area contributed by atoms with Gasteiger partial charge in [-0.05, 0) is 54.1 Å². The first-order valence-electron chi connectivity index (χ1n) is 7.38. The lowest BCUT2D eigenvalue weighted by Crippen LogP contribution is -2.03. The molecule has 1 aliphatic rings. The Hall–Kier alpha value is -3.47. The highest BCUT2D eigenvalue weighted by Crippen LogP contribution is 2.34. The van der Waals surface area contributed by atoms with Gasteiger partial charge in [-0.15, -0.1) is 0 Å². The molecule has 1 aliphatic heterocycles. The minimum absolute atomic E-state index is 0.190. The van der Waals surface area contributed by atoms with Crippen LogP contribution < -0.4 is 5.32 Å². The maximum absolute atomic E-state index is 12.4. The number of amides is 1. The summed E-state index contributed by atoms with van der Waals surface area (Å²) >= 11 is 0. The lowest BCUT2D eigenvalue weighted by Gasteiger charge is -2.03. The smallest absolute Gasteiger partial charge is 0.256 e. The van der Waals surface area contributed by atoms with Crippen LogP contribution in [0.3, 0.4) is 0 Å². The van der Waals surface area contributed by atoms with Crippen LogP contribution in [0.15, 0.2) is 65.5 Å². The highest BCUT2D eigenvalue weighted by atomic mass is 16.3. The molecular weight excluding hydrogens is 304 g/mol. The van der Waals surface area contributed by atoms with E-state index < -0.39 is 0 Å². The van der Waals surface area contributed by atoms with Crippen molar-refractivity contribution in [3.8, 4) is 0 Å². The lowest BCUT2D eigenvalue weighted by molar-refractivity contribution is -0.110. The standard InChI is InChI=1S/C19H12N2O3/c22-18(17-2-1-9-24-17)13-3-4-16-14(11-13)15(19(23)21-16)10-12-5-7-20-8-6-12/h1-11H,(H,21,23)/b15-10-. The topological polar surface area (TPSA) is 72.2 Å². The molecule has 0 saturated carbocycles. The van der Waals surface area contributed by atoms with Gasteiger partial charge in [0.15, 0.2) is 5.76 Å². The highest BCUT2D eigenvalue weighted by molar-refractivity contribution is 6.35. The third-order valence-electron chi connectivity index (χ3n) is 3.83. The van der Waals surface area contributed by atoms with E-state index in [1.165, 1.54) is 6.26 Å². The number of aromatic nitrogens is 1. The Kier molecular flexibility index (Phi) is 3.31. The average molecular weight is 316 g/mol. The van der Waals surface area contributed by atoms with Crippen molar-refractivity contribution in [1.29, 1.82) is 0 Å². The monoisotopic (exact) mass is 316 g/mol. The Morgan fingerprint density at radius 3 is 2.71 bits per heavy atom. The third kappa shape index (κ3) is 2.42. The number of hydrogen-bond acceptors (Lipinski definition) is 4. The fourth-order valence-corrected chi connectivity index (χ4v) is 2.65. The van der Waals surface area contributed by atoms with Crippen LogP contribution in [-0.2, 0) is 4.79 Å². The Bertz CT molecular complexity index is 958. The molecule has 4 rings (SSSR count). The van der Waals surface area contributed by atoms with Gasteiger partial charge in [-0.2, -0.15) is 0 Å². The van der Waals surface area contributed by atoms with Crippen molar-refractivity contribution in [2.24, 2.45) is 0 Å². The van der Waals surface area contributed by atoms with Gasteiger partial charge in [0, 0.05) is 34.8 Å². The summed E-state index contributed by atoms with van der Waals surface area (Å²) in [5.74, 6) is -0.137. The van der Waals surface area contributed by atoms with E-state index in [0.717, 1.165) is 5.56 Å². The average Bonchev–Trinajstić information content (AvgIpc) is 3.24. The minimum atomic E-state index is -0.217. The van der Waals surface area contributed by atoms with E-state index in [0.29, 0.717) is 22.4 Å². The molecule has 5 heteroatoms. The van der Waals surface area contributed by atoms with E-state index in [-0.39, 0.29) is 17.5 Å². The molecule has 0 aliphatic carbocycles. The third-order valence-corrected chi connectivity index (χ3v) is 3.83. The van der Waals surface area contributed by atoms with E-state index in [9.17, 15) is 9.59 Å². The number of fused-ring (bicyclic) bond motifs is 1. The van der Waals surface area contributed by atoms with Crippen LogP contribution in [0.1, 0.15) is 27.2 Å². The zero-order chi connectivity index (χ0) is 16.5. The molecule has 24 heavy (non-hydrogen) atoms. The Morgan fingerprint density at radius 2 is 1.96 bits per heavy atom. The normalized spacial score (nSPS) is 14.5. The van der Waals surface area contributed by atoms with E-state index in [1.807, 2.05) is 12.1 Å². The molecule has 1 aromatic carbocycles. The number of furan rings is 1. The summed E-state index contributed by atoms with van der Waals surface area (Å²) in [6.07, 6.45) is 6.57. The number of nitrogens with one attached hydrogen (secondary N) is 1. The Balaban J connectivity index is 1.77.